The molecule has 0 heterocycles. The Kier molecular flexibility index (Phi) is 3.32. The van der Waals surface area contributed by atoms with Gasteiger partial charge >= 0.3 is 5.97 Å². The molecule has 1 N–H and O–H groups in total. The van der Waals surface area contributed by atoms with Crippen LogP contribution < -0.4 is 0 Å². The molecule has 0 amide bonds. The van der Waals surface area contributed by atoms with Crippen LogP contribution in [0.1, 0.15) is 32.6 Å². The summed E-state index contributed by atoms with van der Waals surface area (Å²) < 4.78 is 0. The standard InChI is InChI=1S/C10H16O2/c1-2-3-4-8-7-9(8)5-6-10(11)12/h5-6,8-9H,2-4,7H2,1H3,(H,11,12)/b6-5+/t8-,9-/m1/s1. The maximum absolute atomic E-state index is 10.2. The lowest BCUT2D eigenvalue weighted by molar-refractivity contribution is -0.131. The van der Waals surface area contributed by atoms with E-state index >= 15 is 0 Å². The van der Waals surface area contributed by atoms with Crippen molar-refractivity contribution < 1.29 is 9.90 Å². The summed E-state index contributed by atoms with van der Waals surface area (Å²) in [5, 5.41) is 8.37. The number of hydrogen-bond donors (Lipinski definition) is 1. The third-order valence-electron chi connectivity index (χ3n) is 2.39. The average molecular weight is 168 g/mol. The van der Waals surface area contributed by atoms with Gasteiger partial charge in [0.2, 0.25) is 0 Å². The van der Waals surface area contributed by atoms with Gasteiger partial charge in [-0.1, -0.05) is 25.8 Å². The molecule has 0 aromatic carbocycles. The molecule has 0 spiro atoms. The summed E-state index contributed by atoms with van der Waals surface area (Å²) in [6.45, 7) is 2.18. The van der Waals surface area contributed by atoms with Crippen molar-refractivity contribution in [3.8, 4) is 0 Å². The van der Waals surface area contributed by atoms with Crippen LogP contribution in [0.3, 0.4) is 0 Å². The Bertz CT molecular complexity index is 184. The third kappa shape index (κ3) is 3.07. The molecule has 1 aliphatic rings. The van der Waals surface area contributed by atoms with Gasteiger partial charge in [0.25, 0.3) is 0 Å². The molecule has 12 heavy (non-hydrogen) atoms. The van der Waals surface area contributed by atoms with E-state index in [1.54, 1.807) is 0 Å². The summed E-state index contributed by atoms with van der Waals surface area (Å²) in [6.07, 6.45) is 8.10. The van der Waals surface area contributed by atoms with Gasteiger partial charge in [-0.05, 0) is 24.7 Å². The van der Waals surface area contributed by atoms with Crippen LogP contribution in [0, 0.1) is 11.8 Å². The maximum Gasteiger partial charge on any atom is 0.327 e. The van der Waals surface area contributed by atoms with Gasteiger partial charge in [-0.3, -0.25) is 0 Å². The van der Waals surface area contributed by atoms with Crippen LogP contribution in [0.2, 0.25) is 0 Å². The number of allylic oxidation sites excluding steroid dienone is 1. The highest BCUT2D eigenvalue weighted by Gasteiger charge is 2.33. The third-order valence-corrected chi connectivity index (χ3v) is 2.39. The molecule has 0 aromatic rings. The molecule has 2 atom stereocenters. The molecule has 1 aliphatic carbocycles. The fraction of sp³-hybridized carbons (Fsp3) is 0.700. The number of carboxylic acids is 1. The highest BCUT2D eigenvalue weighted by Crippen LogP contribution is 2.43. The Labute approximate surface area is 73.3 Å². The summed E-state index contributed by atoms with van der Waals surface area (Å²) in [7, 11) is 0. The summed E-state index contributed by atoms with van der Waals surface area (Å²) in [6, 6.07) is 0. The minimum atomic E-state index is -0.823. The monoisotopic (exact) mass is 168 g/mol. The molecule has 68 valence electrons. The molecule has 0 unspecified atom stereocenters. The zero-order valence-electron chi connectivity index (χ0n) is 7.49. The summed E-state index contributed by atoms with van der Waals surface area (Å²) in [5.74, 6) is 0.518. The molecule has 0 bridgehead atoms. The quantitative estimate of drug-likeness (QED) is 0.640. The number of hydrogen-bond acceptors (Lipinski definition) is 1. The predicted octanol–water partition coefficient (Wildman–Crippen LogP) is 2.45. The normalized spacial score (nSPS) is 27.8. The molecule has 0 saturated heterocycles. The van der Waals surface area contributed by atoms with Gasteiger partial charge in [0.05, 0.1) is 0 Å². The second-order valence-corrected chi connectivity index (χ2v) is 3.50. The molecule has 0 radical (unpaired) electrons. The number of carbonyl (C=O) groups is 1. The first-order valence-electron chi connectivity index (χ1n) is 4.65. The highest BCUT2D eigenvalue weighted by molar-refractivity contribution is 5.79. The smallest absolute Gasteiger partial charge is 0.327 e. The van der Waals surface area contributed by atoms with E-state index in [0.29, 0.717) is 5.92 Å². The topological polar surface area (TPSA) is 37.3 Å². The highest BCUT2D eigenvalue weighted by atomic mass is 16.4. The SMILES string of the molecule is CCCC[C@@H]1C[C@H]1/C=C/C(=O)O. The van der Waals surface area contributed by atoms with E-state index in [1.165, 1.54) is 31.8 Å². The Balaban J connectivity index is 2.11. The van der Waals surface area contributed by atoms with E-state index in [1.807, 2.05) is 6.08 Å². The fourth-order valence-electron chi connectivity index (χ4n) is 1.51. The van der Waals surface area contributed by atoms with Crippen molar-refractivity contribution in [1.29, 1.82) is 0 Å². The molecule has 0 aliphatic heterocycles. The van der Waals surface area contributed by atoms with Crippen LogP contribution in [0.15, 0.2) is 12.2 Å². The molecule has 2 nitrogen and oxygen atoms in total. The van der Waals surface area contributed by atoms with E-state index in [0.717, 1.165) is 5.92 Å². The van der Waals surface area contributed by atoms with E-state index in [9.17, 15) is 4.79 Å². The van der Waals surface area contributed by atoms with E-state index in [2.05, 4.69) is 6.92 Å². The molecule has 0 aromatic heterocycles. The fourth-order valence-corrected chi connectivity index (χ4v) is 1.51. The van der Waals surface area contributed by atoms with Gasteiger partial charge in [-0.15, -0.1) is 0 Å². The lowest BCUT2D eigenvalue weighted by Crippen LogP contribution is -1.87. The lowest BCUT2D eigenvalue weighted by atomic mass is 10.1. The van der Waals surface area contributed by atoms with E-state index in [-0.39, 0.29) is 0 Å². The van der Waals surface area contributed by atoms with Crippen LogP contribution in [-0.2, 0) is 4.79 Å². The largest absolute Gasteiger partial charge is 0.478 e. The van der Waals surface area contributed by atoms with Gasteiger partial charge < -0.3 is 5.11 Å². The first-order valence-corrected chi connectivity index (χ1v) is 4.65. The first kappa shape index (κ1) is 9.30. The molecule has 1 fully saturated rings. The summed E-state index contributed by atoms with van der Waals surface area (Å²) >= 11 is 0. The molecule has 2 heteroatoms. The van der Waals surface area contributed by atoms with Crippen molar-refractivity contribution in [3.05, 3.63) is 12.2 Å². The van der Waals surface area contributed by atoms with Crippen LogP contribution in [-0.4, -0.2) is 11.1 Å². The number of rotatable bonds is 5. The van der Waals surface area contributed by atoms with Crippen LogP contribution in [0.5, 0.6) is 0 Å². The Morgan fingerprint density at radius 3 is 3.00 bits per heavy atom. The van der Waals surface area contributed by atoms with Crippen molar-refractivity contribution in [2.24, 2.45) is 11.8 Å². The second kappa shape index (κ2) is 4.29. The molecular formula is C10H16O2. The predicted molar refractivity (Wildman–Crippen MR) is 47.9 cm³/mol. The Hall–Kier alpha value is -0.790. The van der Waals surface area contributed by atoms with Crippen molar-refractivity contribution in [2.75, 3.05) is 0 Å². The lowest BCUT2D eigenvalue weighted by Gasteiger charge is -1.92. The van der Waals surface area contributed by atoms with Gasteiger partial charge in [0.15, 0.2) is 0 Å². The van der Waals surface area contributed by atoms with Gasteiger partial charge in [-0.2, -0.15) is 0 Å². The molecule has 1 rings (SSSR count). The van der Waals surface area contributed by atoms with Gasteiger partial charge in [0, 0.05) is 6.08 Å². The maximum atomic E-state index is 10.2. The zero-order valence-corrected chi connectivity index (χ0v) is 7.49. The van der Waals surface area contributed by atoms with Crippen molar-refractivity contribution in [2.45, 2.75) is 32.6 Å². The zero-order chi connectivity index (χ0) is 8.97. The van der Waals surface area contributed by atoms with Gasteiger partial charge in [0.1, 0.15) is 0 Å². The van der Waals surface area contributed by atoms with Crippen molar-refractivity contribution >= 4 is 5.97 Å². The molecular weight excluding hydrogens is 152 g/mol. The number of aliphatic carboxylic acids is 1. The second-order valence-electron chi connectivity index (χ2n) is 3.50. The number of carboxylic acid groups (broad SMARTS) is 1. The Morgan fingerprint density at radius 2 is 2.42 bits per heavy atom. The van der Waals surface area contributed by atoms with Crippen LogP contribution in [0.25, 0.3) is 0 Å². The van der Waals surface area contributed by atoms with Crippen LogP contribution in [0.4, 0.5) is 0 Å². The first-order chi connectivity index (χ1) is 5.74. The van der Waals surface area contributed by atoms with Crippen LogP contribution >= 0.6 is 0 Å². The number of unbranched alkanes of at least 4 members (excludes halogenated alkanes) is 1. The Morgan fingerprint density at radius 1 is 1.67 bits per heavy atom. The molecule has 1 saturated carbocycles. The summed E-state index contributed by atoms with van der Waals surface area (Å²) in [5.41, 5.74) is 0. The minimum Gasteiger partial charge on any atom is -0.478 e. The summed E-state index contributed by atoms with van der Waals surface area (Å²) in [4.78, 5) is 10.2. The van der Waals surface area contributed by atoms with E-state index < -0.39 is 5.97 Å². The van der Waals surface area contributed by atoms with E-state index in [4.69, 9.17) is 5.11 Å². The van der Waals surface area contributed by atoms with Crippen molar-refractivity contribution in [3.63, 3.8) is 0 Å². The van der Waals surface area contributed by atoms with Gasteiger partial charge in [-0.25, -0.2) is 4.79 Å². The minimum absolute atomic E-state index is 0.563. The van der Waals surface area contributed by atoms with Crippen molar-refractivity contribution in [1.82, 2.24) is 0 Å². The average Bonchev–Trinajstić information content (AvgIpc) is 2.76.